The van der Waals surface area contributed by atoms with Gasteiger partial charge in [-0.25, -0.2) is 0 Å². The van der Waals surface area contributed by atoms with E-state index in [1.165, 1.54) is 0 Å². The molecule has 0 aromatic heterocycles. The van der Waals surface area contributed by atoms with Crippen molar-refractivity contribution in [3.05, 3.63) is 65.2 Å². The fraction of sp³-hybridized carbons (Fsp3) is 0.400. The van der Waals surface area contributed by atoms with E-state index in [0.29, 0.717) is 30.7 Å². The van der Waals surface area contributed by atoms with Crippen LogP contribution in [-0.4, -0.2) is 30.4 Å². The highest BCUT2D eigenvalue weighted by atomic mass is 16.5. The number of esters is 1. The Morgan fingerprint density at radius 1 is 1.19 bits per heavy atom. The van der Waals surface area contributed by atoms with Crippen LogP contribution in [0.15, 0.2) is 48.5 Å². The van der Waals surface area contributed by atoms with Crippen molar-refractivity contribution in [2.75, 3.05) is 13.7 Å². The van der Waals surface area contributed by atoms with E-state index >= 15 is 0 Å². The largest absolute Gasteiger partial charge is 0.496 e. The SMILES string of the molecule is CCCCN1C(=O)CC[C@H](C(=O)OCc2ccc(C#N)cc2)[C@@H]1c1ccccc1OC. The summed E-state index contributed by atoms with van der Waals surface area (Å²) in [4.78, 5) is 27.8. The van der Waals surface area contributed by atoms with Crippen molar-refractivity contribution in [3.8, 4) is 11.8 Å². The summed E-state index contributed by atoms with van der Waals surface area (Å²) in [6.07, 6.45) is 2.59. The lowest BCUT2D eigenvalue weighted by Crippen LogP contribution is -2.46. The smallest absolute Gasteiger partial charge is 0.311 e. The van der Waals surface area contributed by atoms with Crippen molar-refractivity contribution in [3.63, 3.8) is 0 Å². The van der Waals surface area contributed by atoms with E-state index in [-0.39, 0.29) is 18.5 Å². The summed E-state index contributed by atoms with van der Waals surface area (Å²) in [7, 11) is 1.60. The molecule has 0 radical (unpaired) electrons. The fourth-order valence-corrected chi connectivity index (χ4v) is 4.02. The van der Waals surface area contributed by atoms with Crippen molar-refractivity contribution in [1.29, 1.82) is 5.26 Å². The van der Waals surface area contributed by atoms with Gasteiger partial charge in [-0.2, -0.15) is 5.26 Å². The number of likely N-dealkylation sites (tertiary alicyclic amines) is 1. The third kappa shape index (κ3) is 5.24. The van der Waals surface area contributed by atoms with Crippen LogP contribution in [0.1, 0.15) is 55.3 Å². The number of nitriles is 1. The molecule has 2 aromatic rings. The summed E-state index contributed by atoms with van der Waals surface area (Å²) >= 11 is 0. The number of para-hydroxylation sites is 1. The number of piperidine rings is 1. The highest BCUT2D eigenvalue weighted by molar-refractivity contribution is 5.82. The number of carbonyl (C=O) groups is 2. The normalized spacial score (nSPS) is 18.4. The standard InChI is InChI=1S/C25H28N2O4/c1-3-4-15-27-23(28)14-13-21(24(27)20-7-5-6-8-22(20)30-2)25(29)31-17-19-11-9-18(16-26)10-12-19/h5-12,21,24H,3-4,13-15,17H2,1-2H3/t21-,24-/m0/s1. The Kier molecular flexibility index (Phi) is 7.66. The van der Waals surface area contributed by atoms with E-state index in [9.17, 15) is 9.59 Å². The minimum Gasteiger partial charge on any atom is -0.496 e. The maximum absolute atomic E-state index is 13.2. The molecule has 1 amide bonds. The van der Waals surface area contributed by atoms with Crippen molar-refractivity contribution in [2.45, 2.75) is 45.3 Å². The molecular weight excluding hydrogens is 392 g/mol. The minimum absolute atomic E-state index is 0.0560. The number of benzene rings is 2. The molecule has 162 valence electrons. The zero-order valence-corrected chi connectivity index (χ0v) is 18.0. The first kappa shape index (κ1) is 22.4. The number of unbranched alkanes of at least 4 members (excludes halogenated alkanes) is 1. The molecule has 1 aliphatic rings. The second-order valence-electron chi connectivity index (χ2n) is 7.69. The molecule has 0 bridgehead atoms. The van der Waals surface area contributed by atoms with Gasteiger partial charge in [0.2, 0.25) is 5.91 Å². The molecule has 2 atom stereocenters. The van der Waals surface area contributed by atoms with Gasteiger partial charge in [-0.15, -0.1) is 0 Å². The Morgan fingerprint density at radius 2 is 1.94 bits per heavy atom. The molecule has 2 aromatic carbocycles. The Balaban J connectivity index is 1.85. The van der Waals surface area contributed by atoms with E-state index in [4.69, 9.17) is 14.7 Å². The Hall–Kier alpha value is -3.33. The van der Waals surface area contributed by atoms with Crippen LogP contribution < -0.4 is 4.74 Å². The summed E-state index contributed by atoms with van der Waals surface area (Å²) in [6, 6.07) is 16.2. The molecule has 0 aliphatic carbocycles. The average Bonchev–Trinajstić information content (AvgIpc) is 2.81. The van der Waals surface area contributed by atoms with Gasteiger partial charge in [0, 0.05) is 18.5 Å². The number of amides is 1. The topological polar surface area (TPSA) is 79.6 Å². The second kappa shape index (κ2) is 10.6. The quantitative estimate of drug-likeness (QED) is 0.592. The van der Waals surface area contributed by atoms with Crippen molar-refractivity contribution in [2.24, 2.45) is 5.92 Å². The van der Waals surface area contributed by atoms with Gasteiger partial charge in [0.1, 0.15) is 12.4 Å². The third-order valence-electron chi connectivity index (χ3n) is 5.68. The van der Waals surface area contributed by atoms with Crippen LogP contribution >= 0.6 is 0 Å². The zero-order chi connectivity index (χ0) is 22.2. The molecular formula is C25H28N2O4. The van der Waals surface area contributed by atoms with Crippen molar-refractivity contribution >= 4 is 11.9 Å². The molecule has 0 spiro atoms. The van der Waals surface area contributed by atoms with E-state index in [2.05, 4.69) is 13.0 Å². The lowest BCUT2D eigenvalue weighted by molar-refractivity contribution is -0.158. The first-order valence-electron chi connectivity index (χ1n) is 10.7. The summed E-state index contributed by atoms with van der Waals surface area (Å²) in [5.41, 5.74) is 2.20. The summed E-state index contributed by atoms with van der Waals surface area (Å²) < 4.78 is 11.2. The molecule has 1 aliphatic heterocycles. The number of ether oxygens (including phenoxy) is 2. The van der Waals surface area contributed by atoms with Crippen LogP contribution in [0.4, 0.5) is 0 Å². The van der Waals surface area contributed by atoms with E-state index in [0.717, 1.165) is 24.0 Å². The van der Waals surface area contributed by atoms with Crippen LogP contribution in [0.5, 0.6) is 5.75 Å². The Bertz CT molecular complexity index is 949. The maximum atomic E-state index is 13.2. The molecule has 0 N–H and O–H groups in total. The van der Waals surface area contributed by atoms with Gasteiger partial charge in [-0.3, -0.25) is 9.59 Å². The molecule has 6 nitrogen and oxygen atoms in total. The number of hydrogen-bond acceptors (Lipinski definition) is 5. The average molecular weight is 421 g/mol. The van der Waals surface area contributed by atoms with Gasteiger partial charge >= 0.3 is 5.97 Å². The predicted molar refractivity (Wildman–Crippen MR) is 116 cm³/mol. The van der Waals surface area contributed by atoms with Crippen LogP contribution in [-0.2, 0) is 20.9 Å². The van der Waals surface area contributed by atoms with E-state index in [1.807, 2.05) is 29.2 Å². The zero-order valence-electron chi connectivity index (χ0n) is 18.0. The first-order valence-corrected chi connectivity index (χ1v) is 10.7. The molecule has 0 unspecified atom stereocenters. The van der Waals surface area contributed by atoms with Gasteiger partial charge in [0.15, 0.2) is 0 Å². The molecule has 1 fully saturated rings. The van der Waals surface area contributed by atoms with Crippen molar-refractivity contribution in [1.82, 2.24) is 4.90 Å². The molecule has 0 saturated carbocycles. The minimum atomic E-state index is -0.468. The number of rotatable bonds is 8. The molecule has 31 heavy (non-hydrogen) atoms. The Labute approximate surface area is 183 Å². The lowest BCUT2D eigenvalue weighted by Gasteiger charge is -2.41. The van der Waals surface area contributed by atoms with Gasteiger partial charge in [-0.05, 0) is 36.6 Å². The molecule has 6 heteroatoms. The van der Waals surface area contributed by atoms with Gasteiger partial charge < -0.3 is 14.4 Å². The van der Waals surface area contributed by atoms with E-state index < -0.39 is 12.0 Å². The summed E-state index contributed by atoms with van der Waals surface area (Å²) in [6.45, 7) is 2.80. The maximum Gasteiger partial charge on any atom is 0.311 e. The highest BCUT2D eigenvalue weighted by Crippen LogP contribution is 2.41. The van der Waals surface area contributed by atoms with Crippen molar-refractivity contribution < 1.29 is 19.1 Å². The van der Waals surface area contributed by atoms with Crippen LogP contribution in [0.25, 0.3) is 0 Å². The number of nitrogens with zero attached hydrogens (tertiary/aromatic N) is 2. The fourth-order valence-electron chi connectivity index (χ4n) is 4.02. The van der Waals surface area contributed by atoms with Crippen LogP contribution in [0.3, 0.4) is 0 Å². The van der Waals surface area contributed by atoms with E-state index in [1.54, 1.807) is 31.4 Å². The summed E-state index contributed by atoms with van der Waals surface area (Å²) in [5, 5.41) is 8.93. The number of methoxy groups -OCH3 is 1. The predicted octanol–water partition coefficient (Wildman–Crippen LogP) is 4.39. The highest BCUT2D eigenvalue weighted by Gasteiger charge is 2.42. The summed E-state index contributed by atoms with van der Waals surface area (Å²) in [5.74, 6) is -0.0763. The number of hydrogen-bond donors (Lipinski definition) is 0. The van der Waals surface area contributed by atoms with Crippen LogP contribution in [0, 0.1) is 17.2 Å². The van der Waals surface area contributed by atoms with Crippen LogP contribution in [0.2, 0.25) is 0 Å². The first-order chi connectivity index (χ1) is 15.1. The third-order valence-corrected chi connectivity index (χ3v) is 5.68. The molecule has 1 saturated heterocycles. The second-order valence-corrected chi connectivity index (χ2v) is 7.69. The monoisotopic (exact) mass is 420 g/mol. The number of carbonyl (C=O) groups excluding carboxylic acids is 2. The molecule has 1 heterocycles. The Morgan fingerprint density at radius 3 is 2.61 bits per heavy atom. The van der Waals surface area contributed by atoms with Gasteiger partial charge in [0.05, 0.1) is 30.7 Å². The van der Waals surface area contributed by atoms with Gasteiger partial charge in [0.25, 0.3) is 0 Å². The van der Waals surface area contributed by atoms with Gasteiger partial charge in [-0.1, -0.05) is 43.7 Å². The lowest BCUT2D eigenvalue weighted by atomic mass is 9.83. The molecule has 3 rings (SSSR count).